The summed E-state index contributed by atoms with van der Waals surface area (Å²) in [7, 11) is 0. The van der Waals surface area contributed by atoms with Gasteiger partial charge in [0.25, 0.3) is 0 Å². The van der Waals surface area contributed by atoms with Crippen LogP contribution >= 0.6 is 0 Å². The molecule has 0 spiro atoms. The average molecular weight is 237 g/mol. The molecule has 0 bridgehead atoms. The molecule has 1 aliphatic heterocycles. The van der Waals surface area contributed by atoms with E-state index >= 15 is 0 Å². The summed E-state index contributed by atoms with van der Waals surface area (Å²) in [5.41, 5.74) is 0. The van der Waals surface area contributed by atoms with Gasteiger partial charge in [0.15, 0.2) is 5.82 Å². The summed E-state index contributed by atoms with van der Waals surface area (Å²) in [6.45, 7) is 12.8. The largest absolute Gasteiger partial charge is 0.314 e. The van der Waals surface area contributed by atoms with Crippen molar-refractivity contribution < 1.29 is 0 Å². The number of rotatable bonds is 4. The van der Waals surface area contributed by atoms with Crippen LogP contribution < -0.4 is 5.32 Å². The van der Waals surface area contributed by atoms with Crippen molar-refractivity contribution >= 4 is 0 Å². The minimum Gasteiger partial charge on any atom is -0.314 e. The second-order valence-electron chi connectivity index (χ2n) is 4.99. The predicted octanol–water partition coefficient (Wildman–Crippen LogP) is 0.615. The lowest BCUT2D eigenvalue weighted by Gasteiger charge is -2.26. The minimum absolute atomic E-state index is 0.411. The average Bonchev–Trinajstić information content (AvgIpc) is 2.70. The first-order valence-electron chi connectivity index (χ1n) is 6.51. The highest BCUT2D eigenvalue weighted by atomic mass is 15.4. The van der Waals surface area contributed by atoms with Gasteiger partial charge in [-0.2, -0.15) is 5.10 Å². The Kier molecular flexibility index (Phi) is 4.12. The zero-order valence-corrected chi connectivity index (χ0v) is 11.1. The lowest BCUT2D eigenvalue weighted by molar-refractivity contribution is 0.228. The van der Waals surface area contributed by atoms with Gasteiger partial charge >= 0.3 is 0 Å². The highest BCUT2D eigenvalue weighted by Gasteiger charge is 2.12. The quantitative estimate of drug-likeness (QED) is 0.833. The first kappa shape index (κ1) is 12.5. The fourth-order valence-electron chi connectivity index (χ4n) is 2.07. The van der Waals surface area contributed by atoms with Crippen LogP contribution in [0.15, 0.2) is 0 Å². The summed E-state index contributed by atoms with van der Waals surface area (Å²) >= 11 is 0. The third kappa shape index (κ3) is 3.26. The van der Waals surface area contributed by atoms with Gasteiger partial charge in [0.1, 0.15) is 5.82 Å². The molecule has 0 atom stereocenters. The van der Waals surface area contributed by atoms with E-state index in [0.29, 0.717) is 5.92 Å². The van der Waals surface area contributed by atoms with Crippen LogP contribution in [0.25, 0.3) is 0 Å². The SMILES string of the molecule is Cc1nc(C(C)C)nn1CCN1CCNCC1. The Bertz CT molecular complexity index is 352. The molecule has 0 radical (unpaired) electrons. The Hall–Kier alpha value is -0.940. The third-order valence-electron chi connectivity index (χ3n) is 3.23. The van der Waals surface area contributed by atoms with E-state index < -0.39 is 0 Å². The van der Waals surface area contributed by atoms with E-state index in [-0.39, 0.29) is 0 Å². The molecule has 1 aliphatic rings. The summed E-state index contributed by atoms with van der Waals surface area (Å²) in [4.78, 5) is 6.97. The molecule has 2 rings (SSSR count). The predicted molar refractivity (Wildman–Crippen MR) is 68.2 cm³/mol. The zero-order chi connectivity index (χ0) is 12.3. The molecule has 0 saturated carbocycles. The number of nitrogens with zero attached hydrogens (tertiary/aromatic N) is 4. The van der Waals surface area contributed by atoms with E-state index in [1.54, 1.807) is 0 Å². The van der Waals surface area contributed by atoms with E-state index in [1.807, 2.05) is 11.6 Å². The smallest absolute Gasteiger partial charge is 0.153 e. The van der Waals surface area contributed by atoms with Crippen LogP contribution in [0.4, 0.5) is 0 Å². The van der Waals surface area contributed by atoms with Crippen molar-refractivity contribution in [2.75, 3.05) is 32.7 Å². The number of piperazine rings is 1. The van der Waals surface area contributed by atoms with Gasteiger partial charge in [0, 0.05) is 38.6 Å². The topological polar surface area (TPSA) is 46.0 Å². The summed E-state index contributed by atoms with van der Waals surface area (Å²) in [5, 5.41) is 7.92. The van der Waals surface area contributed by atoms with Crippen LogP contribution in [-0.2, 0) is 6.54 Å². The van der Waals surface area contributed by atoms with Crippen LogP contribution in [-0.4, -0.2) is 52.4 Å². The molecule has 0 unspecified atom stereocenters. The van der Waals surface area contributed by atoms with Crippen molar-refractivity contribution in [3.63, 3.8) is 0 Å². The maximum atomic E-state index is 4.56. The molecular formula is C12H23N5. The molecule has 1 aromatic rings. The second kappa shape index (κ2) is 5.60. The molecule has 0 aromatic carbocycles. The summed E-state index contributed by atoms with van der Waals surface area (Å²) in [5.74, 6) is 2.40. The molecule has 1 saturated heterocycles. The van der Waals surface area contributed by atoms with Gasteiger partial charge in [-0.05, 0) is 6.92 Å². The van der Waals surface area contributed by atoms with Gasteiger partial charge in [-0.3, -0.25) is 4.90 Å². The van der Waals surface area contributed by atoms with Crippen LogP contribution in [0.2, 0.25) is 0 Å². The van der Waals surface area contributed by atoms with E-state index in [4.69, 9.17) is 0 Å². The van der Waals surface area contributed by atoms with Crippen LogP contribution in [0, 0.1) is 6.92 Å². The number of hydrogen-bond donors (Lipinski definition) is 1. The van der Waals surface area contributed by atoms with Gasteiger partial charge in [0.2, 0.25) is 0 Å². The van der Waals surface area contributed by atoms with Crippen LogP contribution in [0.3, 0.4) is 0 Å². The molecule has 0 aliphatic carbocycles. The lowest BCUT2D eigenvalue weighted by Crippen LogP contribution is -2.44. The van der Waals surface area contributed by atoms with Gasteiger partial charge in [-0.15, -0.1) is 0 Å². The van der Waals surface area contributed by atoms with Crippen molar-refractivity contribution in [1.82, 2.24) is 25.0 Å². The molecule has 1 fully saturated rings. The van der Waals surface area contributed by atoms with Gasteiger partial charge in [0.05, 0.1) is 6.54 Å². The van der Waals surface area contributed by atoms with E-state index in [2.05, 4.69) is 34.1 Å². The summed E-state index contributed by atoms with van der Waals surface area (Å²) < 4.78 is 2.04. The molecule has 1 aromatic heterocycles. The first-order chi connectivity index (χ1) is 8.16. The number of aromatic nitrogens is 3. The lowest BCUT2D eigenvalue weighted by atomic mass is 10.2. The van der Waals surface area contributed by atoms with Crippen molar-refractivity contribution in [2.24, 2.45) is 0 Å². The summed E-state index contributed by atoms with van der Waals surface area (Å²) in [6.07, 6.45) is 0. The minimum atomic E-state index is 0.411. The zero-order valence-electron chi connectivity index (χ0n) is 11.1. The molecule has 96 valence electrons. The van der Waals surface area contributed by atoms with Crippen molar-refractivity contribution in [3.8, 4) is 0 Å². The fraction of sp³-hybridized carbons (Fsp3) is 0.833. The first-order valence-corrected chi connectivity index (χ1v) is 6.51. The van der Waals surface area contributed by atoms with Gasteiger partial charge in [-0.1, -0.05) is 13.8 Å². The van der Waals surface area contributed by atoms with E-state index in [9.17, 15) is 0 Å². The molecule has 17 heavy (non-hydrogen) atoms. The van der Waals surface area contributed by atoms with Crippen LogP contribution in [0.1, 0.15) is 31.4 Å². The molecule has 5 heteroatoms. The molecule has 0 amide bonds. The number of aryl methyl sites for hydroxylation is 1. The highest BCUT2D eigenvalue weighted by Crippen LogP contribution is 2.09. The van der Waals surface area contributed by atoms with Crippen molar-refractivity contribution in [1.29, 1.82) is 0 Å². The number of nitrogens with one attached hydrogen (secondary N) is 1. The maximum absolute atomic E-state index is 4.56. The molecule has 2 heterocycles. The Morgan fingerprint density at radius 2 is 1.94 bits per heavy atom. The highest BCUT2D eigenvalue weighted by molar-refractivity contribution is 4.95. The van der Waals surface area contributed by atoms with Gasteiger partial charge < -0.3 is 5.32 Å². The monoisotopic (exact) mass is 237 g/mol. The van der Waals surface area contributed by atoms with Crippen molar-refractivity contribution in [3.05, 3.63) is 11.6 Å². The molecular weight excluding hydrogens is 214 g/mol. The Morgan fingerprint density at radius 1 is 1.24 bits per heavy atom. The Balaban J connectivity index is 1.89. The second-order valence-corrected chi connectivity index (χ2v) is 4.99. The normalized spacial score (nSPS) is 17.9. The van der Waals surface area contributed by atoms with Crippen molar-refractivity contribution in [2.45, 2.75) is 33.2 Å². The van der Waals surface area contributed by atoms with Gasteiger partial charge in [-0.25, -0.2) is 9.67 Å². The van der Waals surface area contributed by atoms with E-state index in [1.165, 1.54) is 0 Å². The molecule has 1 N–H and O–H groups in total. The Morgan fingerprint density at radius 3 is 2.53 bits per heavy atom. The molecule has 5 nitrogen and oxygen atoms in total. The van der Waals surface area contributed by atoms with Crippen LogP contribution in [0.5, 0.6) is 0 Å². The summed E-state index contributed by atoms with van der Waals surface area (Å²) in [6, 6.07) is 0. The number of hydrogen-bond acceptors (Lipinski definition) is 4. The standard InChI is InChI=1S/C12H23N5/c1-10(2)12-14-11(3)17(15-12)9-8-16-6-4-13-5-7-16/h10,13H,4-9H2,1-3H3. The maximum Gasteiger partial charge on any atom is 0.153 e. The Labute approximate surface area is 103 Å². The third-order valence-corrected chi connectivity index (χ3v) is 3.23. The fourth-order valence-corrected chi connectivity index (χ4v) is 2.07. The van der Waals surface area contributed by atoms with E-state index in [0.717, 1.165) is 50.9 Å².